The summed E-state index contributed by atoms with van der Waals surface area (Å²) in [6, 6.07) is -15.5. The highest BCUT2D eigenvalue weighted by Gasteiger charge is 2.49. The van der Waals surface area contributed by atoms with Crippen LogP contribution in [0.2, 0.25) is 0 Å². The second kappa shape index (κ2) is 37.8. The molecule has 0 aliphatic carbocycles. The maximum atomic E-state index is 15.4. The van der Waals surface area contributed by atoms with E-state index in [1.807, 2.05) is 27.7 Å². The van der Waals surface area contributed by atoms with Gasteiger partial charge in [-0.3, -0.25) is 57.6 Å². The van der Waals surface area contributed by atoms with Crippen molar-refractivity contribution in [2.24, 2.45) is 35.5 Å². The molecule has 0 radical (unpaired) electrons. The molecule has 1 unspecified atom stereocenters. The number of fused-ring (bicyclic) bond motifs is 2. The number of nitrogens with one attached hydrogen (secondary N) is 3. The largest absolute Gasteiger partial charge is 0.390 e. The van der Waals surface area contributed by atoms with Gasteiger partial charge in [0.15, 0.2) is 9.84 Å². The number of aliphatic hydroxyl groups excluding tert-OH is 1. The predicted molar refractivity (Wildman–Crippen MR) is 371 cm³/mol. The van der Waals surface area contributed by atoms with E-state index in [1.54, 1.807) is 81.4 Å². The summed E-state index contributed by atoms with van der Waals surface area (Å²) >= 11 is 0. The molecule has 0 aromatic carbocycles. The Morgan fingerprint density at radius 1 is 0.546 bits per heavy atom. The summed E-state index contributed by atoms with van der Waals surface area (Å²) in [4.78, 5) is 176. The molecule has 0 spiro atoms. The Kier molecular flexibility index (Phi) is 33.1. The molecule has 28 heteroatoms. The number of nitrogens with zero attached hydrogens (tertiary/aromatic N) is 9. The fraction of sp³-hybridized carbons (Fsp3) is 0.812. The van der Waals surface area contributed by atoms with Crippen LogP contribution in [0.15, 0.2) is 12.2 Å². The summed E-state index contributed by atoms with van der Waals surface area (Å²) in [5.74, 6) is -12.1. The third kappa shape index (κ3) is 22.4. The van der Waals surface area contributed by atoms with Crippen molar-refractivity contribution in [3.8, 4) is 0 Å². The van der Waals surface area contributed by atoms with Gasteiger partial charge in [-0.1, -0.05) is 95.2 Å². The van der Waals surface area contributed by atoms with E-state index in [1.165, 1.54) is 87.7 Å². The molecule has 14 atom stereocenters. The van der Waals surface area contributed by atoms with Crippen LogP contribution < -0.4 is 16.0 Å². The number of sulfone groups is 1. The van der Waals surface area contributed by atoms with Crippen LogP contribution in [0.1, 0.15) is 156 Å². The van der Waals surface area contributed by atoms with Crippen molar-refractivity contribution >= 4 is 74.8 Å². The SMILES string of the molecule is C/C=C/C[C@@H](C)[C@@H](O)[C@H]1C(=O)N[C@@H](CC)C(=O)N(C)[C@H](CS(=O)(=O)CCCN2CCOCC2)C(=O)N(C)[C@@H](CC(C)C)C(=O)N[C@@H](C(C)C)C(=O)N(C)[C@H]2CC(C)N(C2=O)[C@@H](C)C(=O)N[C@H](C)C(=O)N(C)[C@@H](CC(C)C)C(=O)N(C)[C@@H](CC(C)C)C(=O)N(C)[C@@H](C(C)C)C(=O)N1C. The normalized spacial score (nSPS) is 28.4. The van der Waals surface area contributed by atoms with E-state index in [9.17, 15) is 37.5 Å². The third-order valence-electron chi connectivity index (χ3n) is 19.5. The number of morpholine rings is 1. The number of allylic oxidation sites excluding steroid dienone is 2. The molecule has 3 heterocycles. The lowest BCUT2D eigenvalue weighted by Gasteiger charge is -2.41. The molecule has 3 aliphatic rings. The zero-order valence-corrected chi connectivity index (χ0v) is 63.4. The number of carbonyl (C=O) groups excluding carboxylic acids is 11. The average Bonchev–Trinajstić information content (AvgIpc) is 1.77. The average molecular weight is 1390 g/mol. The molecule has 27 nitrogen and oxygen atoms in total. The number of ether oxygens (including phenoxy) is 1. The standard InChI is InChI=1S/C69H122N12O15S/c1-24-26-28-45(13)58(82)57-61(85)71-49(25-2)63(87)77(21)54(39-97(94,95)34-27-29-80-30-32-96-33-31-80)66(90)73(17)50(35-40(3)4)60(84)72-55(43(9)10)68(92)76(20)53-38-46(14)81(67(53)91)48(16)59(83)70-47(15)62(86)74(18)51(36-41(5)6)64(88)75(19)52(37-42(7)8)65(89)78(22)56(44(11)12)69(93)79(57)23/h24,26,40-58,82H,25,27-39H2,1-23H3,(H,70,83)(H,71,85)(H,72,84)/b26-24+/t45-,46?,47-,48+,49+,50+,51+,52+,53+,54-,55+,56+,57+,58-/m1/s1. The number of amides is 11. The van der Waals surface area contributed by atoms with Gasteiger partial charge in [0.1, 0.15) is 66.5 Å². The van der Waals surface area contributed by atoms with E-state index in [0.29, 0.717) is 32.8 Å². The monoisotopic (exact) mass is 1390 g/mol. The van der Waals surface area contributed by atoms with E-state index in [0.717, 1.165) is 14.7 Å². The van der Waals surface area contributed by atoms with Crippen LogP contribution in [-0.4, -0.2) is 295 Å². The molecule has 554 valence electrons. The van der Waals surface area contributed by atoms with E-state index >= 15 is 28.8 Å². The lowest BCUT2D eigenvalue weighted by Crippen LogP contribution is -2.64. The minimum absolute atomic E-state index is 0.00243. The fourth-order valence-electron chi connectivity index (χ4n) is 13.3. The third-order valence-corrected chi connectivity index (χ3v) is 21.2. The van der Waals surface area contributed by atoms with Crippen LogP contribution in [-0.2, 0) is 67.3 Å². The Bertz CT molecular complexity index is 2870. The fourth-order valence-corrected chi connectivity index (χ4v) is 14.9. The number of hydrogen-bond donors (Lipinski definition) is 4. The number of rotatable bonds is 19. The molecular formula is C69H122N12O15S. The first-order valence-corrected chi connectivity index (χ1v) is 36.7. The van der Waals surface area contributed by atoms with E-state index in [4.69, 9.17) is 4.74 Å². The number of likely N-dealkylation sites (N-methyl/N-ethyl adjacent to an activating group) is 7. The quantitative estimate of drug-likeness (QED) is 0.135. The van der Waals surface area contributed by atoms with Gasteiger partial charge in [-0.25, -0.2) is 8.42 Å². The van der Waals surface area contributed by atoms with Gasteiger partial charge in [0, 0.05) is 68.5 Å². The van der Waals surface area contributed by atoms with Crippen molar-refractivity contribution in [3.63, 3.8) is 0 Å². The second-order valence-corrected chi connectivity index (χ2v) is 31.6. The number of carbonyl (C=O) groups is 11. The molecule has 3 rings (SSSR count). The molecular weight excluding hydrogens is 1270 g/mol. The van der Waals surface area contributed by atoms with Crippen LogP contribution in [0.5, 0.6) is 0 Å². The van der Waals surface area contributed by atoms with Gasteiger partial charge in [-0.2, -0.15) is 0 Å². The first kappa shape index (κ1) is 85.0. The lowest BCUT2D eigenvalue weighted by molar-refractivity contribution is -0.157. The highest BCUT2D eigenvalue weighted by Crippen LogP contribution is 2.29. The first-order valence-electron chi connectivity index (χ1n) is 34.9. The molecule has 0 aromatic heterocycles. The molecule has 3 aliphatic heterocycles. The van der Waals surface area contributed by atoms with Gasteiger partial charge < -0.3 is 65.0 Å². The second-order valence-electron chi connectivity index (χ2n) is 29.4. The summed E-state index contributed by atoms with van der Waals surface area (Å²) < 4.78 is 34.3. The highest BCUT2D eigenvalue weighted by atomic mass is 32.2. The molecule has 0 saturated carbocycles. The van der Waals surface area contributed by atoms with Crippen molar-refractivity contribution in [2.75, 3.05) is 93.7 Å². The summed E-state index contributed by atoms with van der Waals surface area (Å²) in [7, 11) is 5.36. The summed E-state index contributed by atoms with van der Waals surface area (Å²) in [6.07, 6.45) is 2.54. The molecule has 97 heavy (non-hydrogen) atoms. The van der Waals surface area contributed by atoms with E-state index in [2.05, 4.69) is 20.9 Å². The summed E-state index contributed by atoms with van der Waals surface area (Å²) in [5, 5.41) is 20.6. The Morgan fingerprint density at radius 2 is 1.03 bits per heavy atom. The van der Waals surface area contributed by atoms with Crippen molar-refractivity contribution in [3.05, 3.63) is 12.2 Å². The topological polar surface area (TPSA) is 317 Å². The van der Waals surface area contributed by atoms with E-state index < -0.39 is 177 Å². The van der Waals surface area contributed by atoms with Gasteiger partial charge in [-0.05, 0) is 115 Å². The smallest absolute Gasteiger partial charge is 0.246 e. The van der Waals surface area contributed by atoms with Gasteiger partial charge in [-0.15, -0.1) is 0 Å². The van der Waals surface area contributed by atoms with Crippen LogP contribution >= 0.6 is 0 Å². The highest BCUT2D eigenvalue weighted by molar-refractivity contribution is 7.91. The number of aliphatic hydroxyl groups is 1. The van der Waals surface area contributed by atoms with Crippen molar-refractivity contribution in [1.82, 2.24) is 60.0 Å². The Labute approximate surface area is 579 Å². The van der Waals surface area contributed by atoms with Crippen LogP contribution in [0.3, 0.4) is 0 Å². The van der Waals surface area contributed by atoms with Gasteiger partial charge >= 0.3 is 0 Å². The molecule has 11 amide bonds. The molecule has 3 fully saturated rings. The molecule has 2 bridgehead atoms. The Hall–Kier alpha value is -6.26. The van der Waals surface area contributed by atoms with Crippen LogP contribution in [0.25, 0.3) is 0 Å². The molecule has 4 N–H and O–H groups in total. The van der Waals surface area contributed by atoms with Crippen LogP contribution in [0, 0.1) is 35.5 Å². The maximum absolute atomic E-state index is 15.4. The molecule has 3 saturated heterocycles. The zero-order valence-electron chi connectivity index (χ0n) is 62.6. The van der Waals surface area contributed by atoms with E-state index in [-0.39, 0.29) is 68.5 Å². The van der Waals surface area contributed by atoms with Gasteiger partial charge in [0.25, 0.3) is 0 Å². The lowest BCUT2D eigenvalue weighted by atomic mass is 9.91. The van der Waals surface area contributed by atoms with Crippen molar-refractivity contribution < 1.29 is 71.0 Å². The van der Waals surface area contributed by atoms with Crippen LogP contribution in [0.4, 0.5) is 0 Å². The first-order chi connectivity index (χ1) is 45.0. The van der Waals surface area contributed by atoms with Gasteiger partial charge in [0.2, 0.25) is 65.0 Å². The zero-order chi connectivity index (χ0) is 74.2. The number of hydrogen-bond acceptors (Lipinski definition) is 16. The van der Waals surface area contributed by atoms with Gasteiger partial charge in [0.05, 0.1) is 30.8 Å². The summed E-state index contributed by atoms with van der Waals surface area (Å²) in [6.45, 7) is 30.1. The predicted octanol–water partition coefficient (Wildman–Crippen LogP) is 2.23. The van der Waals surface area contributed by atoms with Crippen molar-refractivity contribution in [2.45, 2.75) is 234 Å². The minimum atomic E-state index is -4.21. The summed E-state index contributed by atoms with van der Waals surface area (Å²) in [5.41, 5.74) is 0. The van der Waals surface area contributed by atoms with Crippen molar-refractivity contribution in [1.29, 1.82) is 0 Å². The Balaban J connectivity index is 2.41. The Morgan fingerprint density at radius 3 is 1.54 bits per heavy atom. The maximum Gasteiger partial charge on any atom is 0.246 e. The molecule has 0 aromatic rings. The minimum Gasteiger partial charge on any atom is -0.390 e.